The van der Waals surface area contributed by atoms with Crippen LogP contribution in [0.1, 0.15) is 11.1 Å². The lowest BCUT2D eigenvalue weighted by atomic mass is 9.99. The Morgan fingerprint density at radius 2 is 1.63 bits per heavy atom. The van der Waals surface area contributed by atoms with E-state index in [2.05, 4.69) is 45.9 Å². The van der Waals surface area contributed by atoms with Crippen molar-refractivity contribution in [3.8, 4) is 16.9 Å². The van der Waals surface area contributed by atoms with Crippen molar-refractivity contribution in [3.05, 3.63) is 47.7 Å². The molecule has 1 aromatic heterocycles. The van der Waals surface area contributed by atoms with Gasteiger partial charge in [0.15, 0.2) is 0 Å². The van der Waals surface area contributed by atoms with Crippen molar-refractivity contribution >= 4 is 16.9 Å². The molecule has 6 nitrogen and oxygen atoms in total. The van der Waals surface area contributed by atoms with Crippen LogP contribution in [0.15, 0.2) is 36.5 Å². The molecule has 0 amide bonds. The van der Waals surface area contributed by atoms with Crippen molar-refractivity contribution in [1.29, 1.82) is 0 Å². The number of hydrogen-bond donors (Lipinski definition) is 1. The van der Waals surface area contributed by atoms with E-state index in [0.717, 1.165) is 78.4 Å². The van der Waals surface area contributed by atoms with Crippen LogP contribution in [0.25, 0.3) is 22.2 Å². The van der Waals surface area contributed by atoms with E-state index < -0.39 is 0 Å². The van der Waals surface area contributed by atoms with Crippen molar-refractivity contribution in [2.45, 2.75) is 13.8 Å². The van der Waals surface area contributed by atoms with Gasteiger partial charge in [-0.3, -0.25) is 9.88 Å². The fourth-order valence-corrected chi connectivity index (χ4v) is 4.00. The zero-order chi connectivity index (χ0) is 21.3. The average Bonchev–Trinajstić information content (AvgIpc) is 2.75. The summed E-state index contributed by atoms with van der Waals surface area (Å²) in [4.78, 5) is 16.7. The fourth-order valence-electron chi connectivity index (χ4n) is 4.00. The van der Waals surface area contributed by atoms with E-state index in [1.807, 2.05) is 38.2 Å². The van der Waals surface area contributed by atoms with E-state index in [9.17, 15) is 5.11 Å². The highest BCUT2D eigenvalue weighted by atomic mass is 16.3. The Bertz CT molecular complexity index is 1020. The van der Waals surface area contributed by atoms with Crippen molar-refractivity contribution in [3.63, 3.8) is 0 Å². The van der Waals surface area contributed by atoms with Crippen LogP contribution in [-0.2, 0) is 0 Å². The molecule has 0 spiro atoms. The molecule has 3 aromatic rings. The number of hydrogen-bond acceptors (Lipinski definition) is 6. The maximum atomic E-state index is 10.1. The Morgan fingerprint density at radius 3 is 2.30 bits per heavy atom. The van der Waals surface area contributed by atoms with Gasteiger partial charge in [-0.05, 0) is 74.5 Å². The molecule has 0 bridgehead atoms. The van der Waals surface area contributed by atoms with Gasteiger partial charge in [0.1, 0.15) is 11.6 Å². The lowest BCUT2D eigenvalue weighted by molar-refractivity contribution is 0.229. The number of aryl methyl sites for hydroxylation is 2. The van der Waals surface area contributed by atoms with Gasteiger partial charge in [-0.25, -0.2) is 4.98 Å². The van der Waals surface area contributed by atoms with Crippen molar-refractivity contribution in [2.75, 3.05) is 58.3 Å². The second-order valence-electron chi connectivity index (χ2n) is 8.52. The van der Waals surface area contributed by atoms with E-state index >= 15 is 0 Å². The maximum Gasteiger partial charge on any atom is 0.147 e. The normalized spacial score (nSPS) is 15.3. The average molecular weight is 406 g/mol. The zero-order valence-electron chi connectivity index (χ0n) is 18.4. The molecule has 1 aliphatic rings. The predicted octanol–water partition coefficient (Wildman–Crippen LogP) is 3.30. The Hall–Kier alpha value is -2.70. The Balaban J connectivity index is 1.54. The van der Waals surface area contributed by atoms with Crippen molar-refractivity contribution < 1.29 is 5.11 Å². The fraction of sp³-hybridized carbons (Fsp3) is 0.417. The standard InChI is InChI=1S/C24H31N5O/c1-17-13-20(14-18(2)24(17)30)19-5-6-21-22(15-19)26-23(16-25-21)29-11-9-28(10-12-29)8-7-27(3)4/h5-6,13-16,30H,7-12H2,1-4H3. The molecule has 0 atom stereocenters. The lowest BCUT2D eigenvalue weighted by Gasteiger charge is -2.35. The summed E-state index contributed by atoms with van der Waals surface area (Å²) in [5.41, 5.74) is 5.76. The Kier molecular flexibility index (Phi) is 5.88. The molecule has 2 heterocycles. The topological polar surface area (TPSA) is 55.7 Å². The van der Waals surface area contributed by atoms with Crippen LogP contribution in [0.2, 0.25) is 0 Å². The number of piperazine rings is 1. The minimum absolute atomic E-state index is 0.367. The largest absolute Gasteiger partial charge is 0.507 e. The van der Waals surface area contributed by atoms with E-state index in [1.54, 1.807) is 0 Å². The highest BCUT2D eigenvalue weighted by Gasteiger charge is 2.18. The molecule has 0 unspecified atom stereocenters. The summed E-state index contributed by atoms with van der Waals surface area (Å²) in [7, 11) is 4.24. The molecule has 1 aliphatic heterocycles. The van der Waals surface area contributed by atoms with Gasteiger partial charge in [0.2, 0.25) is 0 Å². The highest BCUT2D eigenvalue weighted by molar-refractivity contribution is 5.82. The molecule has 1 N–H and O–H groups in total. The Morgan fingerprint density at radius 1 is 0.933 bits per heavy atom. The van der Waals surface area contributed by atoms with Crippen LogP contribution in [0.5, 0.6) is 5.75 Å². The van der Waals surface area contributed by atoms with Crippen LogP contribution in [-0.4, -0.2) is 78.2 Å². The number of aromatic nitrogens is 2. The van der Waals surface area contributed by atoms with Crippen LogP contribution in [0, 0.1) is 13.8 Å². The monoisotopic (exact) mass is 405 g/mol. The van der Waals surface area contributed by atoms with Gasteiger partial charge >= 0.3 is 0 Å². The molecule has 4 rings (SSSR count). The van der Waals surface area contributed by atoms with Crippen LogP contribution in [0.3, 0.4) is 0 Å². The summed E-state index contributed by atoms with van der Waals surface area (Å²) in [6, 6.07) is 10.2. The number of benzene rings is 2. The molecule has 0 aliphatic carbocycles. The summed E-state index contributed by atoms with van der Waals surface area (Å²) in [5, 5.41) is 10.1. The number of likely N-dealkylation sites (N-methyl/N-ethyl adjacent to an activating group) is 1. The first-order valence-corrected chi connectivity index (χ1v) is 10.6. The third-order valence-electron chi connectivity index (χ3n) is 5.91. The molecule has 1 fully saturated rings. The lowest BCUT2D eigenvalue weighted by Crippen LogP contribution is -2.48. The zero-order valence-corrected chi connectivity index (χ0v) is 18.4. The third-order valence-corrected chi connectivity index (χ3v) is 5.91. The van der Waals surface area contributed by atoms with Gasteiger partial charge in [0.05, 0.1) is 17.2 Å². The Labute approximate surface area is 178 Å². The maximum absolute atomic E-state index is 10.1. The number of aromatic hydroxyl groups is 1. The number of phenolic OH excluding ortho intramolecular Hbond substituents is 1. The smallest absolute Gasteiger partial charge is 0.147 e. The summed E-state index contributed by atoms with van der Waals surface area (Å²) in [6.07, 6.45) is 1.90. The first-order valence-electron chi connectivity index (χ1n) is 10.6. The van der Waals surface area contributed by atoms with Gasteiger partial charge in [0, 0.05) is 39.3 Å². The highest BCUT2D eigenvalue weighted by Crippen LogP contribution is 2.30. The van der Waals surface area contributed by atoms with E-state index in [1.165, 1.54) is 0 Å². The number of anilines is 1. The molecule has 2 aromatic carbocycles. The van der Waals surface area contributed by atoms with E-state index in [4.69, 9.17) is 4.98 Å². The SMILES string of the molecule is Cc1cc(-c2ccc3ncc(N4CCN(CCN(C)C)CC4)nc3c2)cc(C)c1O. The third kappa shape index (κ3) is 4.40. The molecule has 6 heteroatoms. The van der Waals surface area contributed by atoms with Crippen molar-refractivity contribution in [1.82, 2.24) is 19.8 Å². The molecule has 30 heavy (non-hydrogen) atoms. The van der Waals surface area contributed by atoms with E-state index in [0.29, 0.717) is 5.75 Å². The first-order chi connectivity index (χ1) is 14.4. The molecule has 0 radical (unpaired) electrons. The molecular formula is C24H31N5O. The van der Waals surface area contributed by atoms with Crippen molar-refractivity contribution in [2.24, 2.45) is 0 Å². The number of phenols is 1. The van der Waals surface area contributed by atoms with E-state index in [-0.39, 0.29) is 0 Å². The minimum atomic E-state index is 0.367. The van der Waals surface area contributed by atoms with Gasteiger partial charge in [-0.2, -0.15) is 0 Å². The van der Waals surface area contributed by atoms with Gasteiger partial charge in [-0.15, -0.1) is 0 Å². The van der Waals surface area contributed by atoms with Crippen LogP contribution in [0.4, 0.5) is 5.82 Å². The number of fused-ring (bicyclic) bond motifs is 1. The second-order valence-corrected chi connectivity index (χ2v) is 8.52. The molecular weight excluding hydrogens is 374 g/mol. The predicted molar refractivity (Wildman–Crippen MR) is 123 cm³/mol. The minimum Gasteiger partial charge on any atom is -0.507 e. The molecule has 0 saturated carbocycles. The van der Waals surface area contributed by atoms with Crippen LogP contribution >= 0.6 is 0 Å². The summed E-state index contributed by atoms with van der Waals surface area (Å²) in [6.45, 7) is 10.1. The quantitative estimate of drug-likeness (QED) is 0.703. The van der Waals surface area contributed by atoms with Gasteiger partial charge in [-0.1, -0.05) is 6.07 Å². The summed E-state index contributed by atoms with van der Waals surface area (Å²) < 4.78 is 0. The summed E-state index contributed by atoms with van der Waals surface area (Å²) >= 11 is 0. The first kappa shape index (κ1) is 20.6. The van der Waals surface area contributed by atoms with Gasteiger partial charge < -0.3 is 14.9 Å². The molecule has 158 valence electrons. The number of rotatable bonds is 5. The number of nitrogens with zero attached hydrogens (tertiary/aromatic N) is 5. The van der Waals surface area contributed by atoms with Crippen LogP contribution < -0.4 is 4.90 Å². The second kappa shape index (κ2) is 8.58. The summed E-state index contributed by atoms with van der Waals surface area (Å²) in [5.74, 6) is 1.32. The molecule has 1 saturated heterocycles. The van der Waals surface area contributed by atoms with Gasteiger partial charge in [0.25, 0.3) is 0 Å².